The second kappa shape index (κ2) is 9.77. The summed E-state index contributed by atoms with van der Waals surface area (Å²) in [7, 11) is 0. The molecular weight excluding hydrogens is 376 g/mol. The van der Waals surface area contributed by atoms with Crippen LogP contribution in [-0.4, -0.2) is 40.0 Å². The van der Waals surface area contributed by atoms with Crippen molar-refractivity contribution in [1.82, 2.24) is 5.32 Å². The Morgan fingerprint density at radius 2 is 1.68 bits per heavy atom. The minimum Gasteiger partial charge on any atom is -0.477 e. The van der Waals surface area contributed by atoms with Crippen molar-refractivity contribution >= 4 is 12.1 Å². The van der Waals surface area contributed by atoms with Gasteiger partial charge < -0.3 is 25.4 Å². The Morgan fingerprint density at radius 3 is 2.25 bits per heavy atom. The van der Waals surface area contributed by atoms with Crippen molar-refractivity contribution in [3.63, 3.8) is 0 Å². The highest BCUT2D eigenvalue weighted by atomic mass is 19.1. The number of carbonyl (C=O) groups excluding carboxylic acids is 1. The largest absolute Gasteiger partial charge is 0.477 e. The summed E-state index contributed by atoms with van der Waals surface area (Å²) in [5, 5.41) is 31.1. The van der Waals surface area contributed by atoms with Crippen LogP contribution in [0.2, 0.25) is 0 Å². The third-order valence-electron chi connectivity index (χ3n) is 3.91. The molecule has 2 rings (SSSR count). The number of halogens is 2. The number of hydrogen-bond acceptors (Lipinski definition) is 5. The molecular formula is C19H19F2NO6. The number of carbonyl (C=O) groups is 2. The SMILES string of the molecule is O=C(NCCC(O)C(O)c1cc(F)c(C(=O)O)c(F)c1)OCc1ccccc1. The van der Waals surface area contributed by atoms with Crippen molar-refractivity contribution in [3.8, 4) is 0 Å². The predicted octanol–water partition coefficient (Wildman–Crippen LogP) is 2.37. The Hall–Kier alpha value is -3.04. The summed E-state index contributed by atoms with van der Waals surface area (Å²) in [6.45, 7) is -0.00362. The number of carboxylic acids is 1. The number of carboxylic acid groups (broad SMARTS) is 1. The molecule has 0 fully saturated rings. The van der Waals surface area contributed by atoms with Crippen molar-refractivity contribution in [2.45, 2.75) is 25.2 Å². The molecule has 0 aromatic heterocycles. The van der Waals surface area contributed by atoms with Crippen LogP contribution in [0.25, 0.3) is 0 Å². The van der Waals surface area contributed by atoms with E-state index in [4.69, 9.17) is 9.84 Å². The average molecular weight is 395 g/mol. The van der Waals surface area contributed by atoms with Gasteiger partial charge in [0, 0.05) is 6.54 Å². The molecule has 0 aliphatic heterocycles. The predicted molar refractivity (Wildman–Crippen MR) is 93.5 cm³/mol. The fourth-order valence-electron chi connectivity index (χ4n) is 2.44. The van der Waals surface area contributed by atoms with Crippen LogP contribution < -0.4 is 5.32 Å². The molecule has 1 amide bonds. The first kappa shape index (κ1) is 21.3. The van der Waals surface area contributed by atoms with E-state index in [0.29, 0.717) is 12.1 Å². The van der Waals surface area contributed by atoms with Crippen LogP contribution in [0.15, 0.2) is 42.5 Å². The van der Waals surface area contributed by atoms with Crippen LogP contribution >= 0.6 is 0 Å². The molecule has 0 heterocycles. The summed E-state index contributed by atoms with van der Waals surface area (Å²) in [6, 6.07) is 10.3. The smallest absolute Gasteiger partial charge is 0.407 e. The summed E-state index contributed by atoms with van der Waals surface area (Å²) in [4.78, 5) is 22.4. The van der Waals surface area contributed by atoms with E-state index in [1.54, 1.807) is 24.3 Å². The molecule has 150 valence electrons. The molecule has 7 nitrogen and oxygen atoms in total. The lowest BCUT2D eigenvalue weighted by molar-refractivity contribution is 0.0133. The number of aliphatic hydroxyl groups is 2. The van der Waals surface area contributed by atoms with Gasteiger partial charge in [-0.1, -0.05) is 30.3 Å². The Kier molecular flexibility index (Phi) is 7.42. The lowest BCUT2D eigenvalue weighted by Crippen LogP contribution is -2.30. The molecule has 28 heavy (non-hydrogen) atoms. The Morgan fingerprint density at radius 1 is 1.07 bits per heavy atom. The zero-order chi connectivity index (χ0) is 20.7. The van der Waals surface area contributed by atoms with Crippen molar-refractivity contribution in [1.29, 1.82) is 0 Å². The van der Waals surface area contributed by atoms with Crippen molar-refractivity contribution in [3.05, 3.63) is 70.8 Å². The second-order valence-corrected chi connectivity index (χ2v) is 5.95. The summed E-state index contributed by atoms with van der Waals surface area (Å²) >= 11 is 0. The van der Waals surface area contributed by atoms with E-state index in [9.17, 15) is 28.6 Å². The highest BCUT2D eigenvalue weighted by Gasteiger charge is 2.24. The monoisotopic (exact) mass is 395 g/mol. The van der Waals surface area contributed by atoms with Crippen LogP contribution in [0, 0.1) is 11.6 Å². The first-order valence-electron chi connectivity index (χ1n) is 8.32. The van der Waals surface area contributed by atoms with Gasteiger partial charge >= 0.3 is 12.1 Å². The van der Waals surface area contributed by atoms with Gasteiger partial charge in [0.1, 0.15) is 29.9 Å². The molecule has 0 spiro atoms. The second-order valence-electron chi connectivity index (χ2n) is 5.95. The van der Waals surface area contributed by atoms with E-state index >= 15 is 0 Å². The standard InChI is InChI=1S/C19H19F2NO6/c20-13-8-12(9-14(21)16(13)18(25)26)17(24)15(23)6-7-22-19(27)28-10-11-4-2-1-3-5-11/h1-5,8-9,15,17,23-24H,6-7,10H2,(H,22,27)(H,25,26). The van der Waals surface area contributed by atoms with Gasteiger partial charge in [0.25, 0.3) is 0 Å². The molecule has 0 radical (unpaired) electrons. The number of nitrogens with one attached hydrogen (secondary N) is 1. The van der Waals surface area contributed by atoms with Crippen molar-refractivity contribution in [2.24, 2.45) is 0 Å². The summed E-state index contributed by atoms with van der Waals surface area (Å²) < 4.78 is 32.3. The highest BCUT2D eigenvalue weighted by Crippen LogP contribution is 2.23. The molecule has 2 aromatic rings. The van der Waals surface area contributed by atoms with Gasteiger partial charge in [0.05, 0.1) is 6.10 Å². The number of rotatable bonds is 8. The zero-order valence-corrected chi connectivity index (χ0v) is 14.6. The van der Waals surface area contributed by atoms with Gasteiger partial charge in [-0.15, -0.1) is 0 Å². The number of hydrogen-bond donors (Lipinski definition) is 4. The van der Waals surface area contributed by atoms with Crippen molar-refractivity contribution in [2.75, 3.05) is 6.54 Å². The van der Waals surface area contributed by atoms with Crippen LogP contribution in [0.1, 0.15) is 34.0 Å². The van der Waals surface area contributed by atoms with Gasteiger partial charge in [-0.3, -0.25) is 0 Å². The third kappa shape index (κ3) is 5.73. The summed E-state index contributed by atoms with van der Waals surface area (Å²) in [5.41, 5.74) is -0.672. The fraction of sp³-hybridized carbons (Fsp3) is 0.263. The molecule has 0 saturated heterocycles. The molecule has 4 N–H and O–H groups in total. The topological polar surface area (TPSA) is 116 Å². The fourth-order valence-corrected chi connectivity index (χ4v) is 2.44. The minimum absolute atomic E-state index is 0.0618. The third-order valence-corrected chi connectivity index (χ3v) is 3.91. The molecule has 2 atom stereocenters. The van der Waals surface area contributed by atoms with Gasteiger partial charge in [-0.25, -0.2) is 18.4 Å². The first-order valence-corrected chi connectivity index (χ1v) is 8.32. The zero-order valence-electron chi connectivity index (χ0n) is 14.6. The number of alkyl carbamates (subject to hydrolysis) is 1. The molecule has 2 aromatic carbocycles. The van der Waals surface area contributed by atoms with Gasteiger partial charge in [0.2, 0.25) is 0 Å². The van der Waals surface area contributed by atoms with Crippen LogP contribution in [0.5, 0.6) is 0 Å². The van der Waals surface area contributed by atoms with Gasteiger partial charge in [-0.2, -0.15) is 0 Å². The van der Waals surface area contributed by atoms with Crippen molar-refractivity contribution < 1.29 is 38.4 Å². The van der Waals surface area contributed by atoms with E-state index in [1.165, 1.54) is 0 Å². The van der Waals surface area contributed by atoms with Crippen LogP contribution in [-0.2, 0) is 11.3 Å². The number of benzene rings is 2. The lowest BCUT2D eigenvalue weighted by atomic mass is 10.00. The Bertz CT molecular complexity index is 807. The van der Waals surface area contributed by atoms with E-state index in [1.807, 2.05) is 6.07 Å². The summed E-state index contributed by atoms with van der Waals surface area (Å²) in [6.07, 6.45) is -3.99. The number of ether oxygens (including phenoxy) is 1. The van der Waals surface area contributed by atoms with Gasteiger partial charge in [-0.05, 0) is 29.7 Å². The van der Waals surface area contributed by atoms with Gasteiger partial charge in [0.15, 0.2) is 0 Å². The number of aromatic carboxylic acids is 1. The maximum Gasteiger partial charge on any atom is 0.407 e. The normalized spacial score (nSPS) is 12.9. The van der Waals surface area contributed by atoms with E-state index in [-0.39, 0.29) is 25.1 Å². The van der Waals surface area contributed by atoms with Crippen LogP contribution in [0.3, 0.4) is 0 Å². The quantitative estimate of drug-likeness (QED) is 0.545. The van der Waals surface area contributed by atoms with Crippen LogP contribution in [0.4, 0.5) is 13.6 Å². The molecule has 9 heteroatoms. The number of aliphatic hydroxyl groups excluding tert-OH is 2. The highest BCUT2D eigenvalue weighted by molar-refractivity contribution is 5.88. The molecule has 0 saturated carbocycles. The lowest BCUT2D eigenvalue weighted by Gasteiger charge is -2.19. The number of amides is 1. The maximum atomic E-state index is 13.7. The average Bonchev–Trinajstić information content (AvgIpc) is 2.65. The minimum atomic E-state index is -1.78. The summed E-state index contributed by atoms with van der Waals surface area (Å²) in [5.74, 6) is -4.51. The first-order chi connectivity index (χ1) is 13.3. The van der Waals surface area contributed by atoms with E-state index < -0.39 is 41.5 Å². The van der Waals surface area contributed by atoms with E-state index in [0.717, 1.165) is 5.56 Å². The Labute approximate surface area is 159 Å². The molecule has 0 aliphatic rings. The Balaban J connectivity index is 1.83. The maximum absolute atomic E-state index is 13.7. The molecule has 0 bridgehead atoms. The van der Waals surface area contributed by atoms with E-state index in [2.05, 4.69) is 5.32 Å². The molecule has 2 unspecified atom stereocenters. The molecule has 0 aliphatic carbocycles.